The lowest BCUT2D eigenvalue weighted by Crippen LogP contribution is -2.45. The van der Waals surface area contributed by atoms with E-state index in [-0.39, 0.29) is 12.1 Å². The average Bonchev–Trinajstić information content (AvgIpc) is 2.78. The molecule has 2 aromatic rings. The Labute approximate surface area is 189 Å². The number of benzene rings is 2. The van der Waals surface area contributed by atoms with Crippen molar-refractivity contribution >= 4 is 12.0 Å². The molecule has 0 radical (unpaired) electrons. The molecule has 0 aromatic heterocycles. The predicted molar refractivity (Wildman–Crippen MR) is 122 cm³/mol. The molecule has 4 rings (SSSR count). The van der Waals surface area contributed by atoms with Crippen LogP contribution in [0, 0.1) is 5.92 Å². The molecule has 1 fully saturated rings. The van der Waals surface area contributed by atoms with Gasteiger partial charge in [-0.15, -0.1) is 0 Å². The van der Waals surface area contributed by atoms with Gasteiger partial charge >= 0.3 is 12.0 Å². The van der Waals surface area contributed by atoms with Gasteiger partial charge in [0.05, 0.1) is 11.6 Å². The van der Waals surface area contributed by atoms with E-state index in [1.807, 2.05) is 54.6 Å². The second-order valence-electron chi connectivity index (χ2n) is 8.68. The summed E-state index contributed by atoms with van der Waals surface area (Å²) in [5, 5.41) is 5.61. The second-order valence-corrected chi connectivity index (χ2v) is 8.68. The highest BCUT2D eigenvalue weighted by Crippen LogP contribution is 2.35. The molecule has 1 aliphatic carbocycles. The van der Waals surface area contributed by atoms with Crippen molar-refractivity contribution in [2.75, 3.05) is 0 Å². The van der Waals surface area contributed by atoms with Gasteiger partial charge in [-0.1, -0.05) is 61.9 Å². The number of allylic oxidation sites excluding steroid dienone is 1. The van der Waals surface area contributed by atoms with Gasteiger partial charge in [-0.25, -0.2) is 9.59 Å². The third-order valence-corrected chi connectivity index (χ3v) is 6.12. The Bertz CT molecular complexity index is 1000. The number of carbonyl (C=O) groups is 2. The molecule has 168 valence electrons. The summed E-state index contributed by atoms with van der Waals surface area (Å²) in [7, 11) is 0. The first-order valence-electron chi connectivity index (χ1n) is 11.3. The number of rotatable bonds is 6. The molecule has 32 heavy (non-hydrogen) atoms. The quantitative estimate of drug-likeness (QED) is 0.626. The van der Waals surface area contributed by atoms with Gasteiger partial charge in [0.25, 0.3) is 0 Å². The molecule has 6 heteroatoms. The summed E-state index contributed by atoms with van der Waals surface area (Å²) in [5.74, 6) is 0.772. The van der Waals surface area contributed by atoms with Gasteiger partial charge in [-0.2, -0.15) is 0 Å². The first kappa shape index (κ1) is 21.9. The third-order valence-electron chi connectivity index (χ3n) is 6.12. The standard InChI is InChI=1S/C26H30N2O4/c1-17-9-8-12-20(15-17)32-25(29)23-18(2)27-26(30)28-24(23)21-13-6-7-14-22(21)31-16-19-10-4-3-5-11-19/h3-7,10-11,13-14,17,20,24H,8-9,12,15-16H2,1-2H3,(H2,27,28,30)/t17-,20+,24-/m1/s1. The van der Waals surface area contributed by atoms with Crippen molar-refractivity contribution in [3.63, 3.8) is 0 Å². The van der Waals surface area contributed by atoms with Crippen molar-refractivity contribution in [3.8, 4) is 5.75 Å². The summed E-state index contributed by atoms with van der Waals surface area (Å²) in [6.45, 7) is 4.31. The van der Waals surface area contributed by atoms with E-state index in [0.29, 0.717) is 29.5 Å². The van der Waals surface area contributed by atoms with Gasteiger partial charge in [0.15, 0.2) is 0 Å². The minimum absolute atomic E-state index is 0.0885. The van der Waals surface area contributed by atoms with Gasteiger partial charge in [0.1, 0.15) is 18.5 Å². The van der Waals surface area contributed by atoms with E-state index >= 15 is 0 Å². The zero-order valence-electron chi connectivity index (χ0n) is 18.6. The molecule has 0 bridgehead atoms. The van der Waals surface area contributed by atoms with Crippen LogP contribution in [0.4, 0.5) is 4.79 Å². The highest BCUT2D eigenvalue weighted by molar-refractivity contribution is 5.95. The van der Waals surface area contributed by atoms with E-state index in [1.54, 1.807) is 6.92 Å². The molecular weight excluding hydrogens is 404 g/mol. The molecule has 1 heterocycles. The second kappa shape index (κ2) is 9.90. The van der Waals surface area contributed by atoms with Crippen molar-refractivity contribution < 1.29 is 19.1 Å². The van der Waals surface area contributed by atoms with Gasteiger partial charge < -0.3 is 20.1 Å². The molecule has 1 aliphatic heterocycles. The maximum Gasteiger partial charge on any atom is 0.338 e. The fourth-order valence-electron chi connectivity index (χ4n) is 4.48. The van der Waals surface area contributed by atoms with E-state index < -0.39 is 12.0 Å². The zero-order valence-corrected chi connectivity index (χ0v) is 18.6. The van der Waals surface area contributed by atoms with Crippen LogP contribution in [0.15, 0.2) is 65.9 Å². The summed E-state index contributed by atoms with van der Waals surface area (Å²) in [6.07, 6.45) is 3.89. The van der Waals surface area contributed by atoms with Crippen LogP contribution in [0.5, 0.6) is 5.75 Å². The maximum absolute atomic E-state index is 13.3. The number of hydrogen-bond acceptors (Lipinski definition) is 4. The molecule has 2 N–H and O–H groups in total. The van der Waals surface area contributed by atoms with Gasteiger partial charge in [0, 0.05) is 11.3 Å². The van der Waals surface area contributed by atoms with Gasteiger partial charge in [0.2, 0.25) is 0 Å². The molecule has 2 amide bonds. The van der Waals surface area contributed by atoms with E-state index in [1.165, 1.54) is 6.42 Å². The van der Waals surface area contributed by atoms with E-state index in [0.717, 1.165) is 30.4 Å². The third kappa shape index (κ3) is 5.13. The minimum atomic E-state index is -0.649. The largest absolute Gasteiger partial charge is 0.489 e. The summed E-state index contributed by atoms with van der Waals surface area (Å²) < 4.78 is 12.0. The summed E-state index contributed by atoms with van der Waals surface area (Å²) in [6, 6.07) is 16.4. The fourth-order valence-corrected chi connectivity index (χ4v) is 4.48. The normalized spacial score (nSPS) is 23.2. The van der Waals surface area contributed by atoms with Crippen molar-refractivity contribution in [3.05, 3.63) is 77.0 Å². The molecular formula is C26H30N2O4. The summed E-state index contributed by atoms with van der Waals surface area (Å²) in [5.41, 5.74) is 2.68. The number of nitrogens with one attached hydrogen (secondary N) is 2. The minimum Gasteiger partial charge on any atom is -0.489 e. The van der Waals surface area contributed by atoms with Crippen LogP contribution in [0.25, 0.3) is 0 Å². The Hall–Kier alpha value is -3.28. The topological polar surface area (TPSA) is 76.7 Å². The molecule has 0 saturated heterocycles. The Morgan fingerprint density at radius 2 is 1.81 bits per heavy atom. The monoisotopic (exact) mass is 434 g/mol. The van der Waals surface area contributed by atoms with Crippen molar-refractivity contribution in [2.24, 2.45) is 5.92 Å². The molecule has 2 aromatic carbocycles. The Balaban J connectivity index is 1.58. The van der Waals surface area contributed by atoms with Gasteiger partial charge in [-0.3, -0.25) is 0 Å². The van der Waals surface area contributed by atoms with Crippen molar-refractivity contribution in [2.45, 2.75) is 58.3 Å². The number of esters is 1. The SMILES string of the molecule is CC1=C(C(=O)O[C@H]2CCC[C@@H](C)C2)[C@@H](c2ccccc2OCc2ccccc2)NC(=O)N1. The Morgan fingerprint density at radius 3 is 2.59 bits per heavy atom. The number of carbonyl (C=O) groups excluding carboxylic acids is 2. The van der Waals surface area contributed by atoms with Crippen molar-refractivity contribution in [1.82, 2.24) is 10.6 Å². The lowest BCUT2D eigenvalue weighted by molar-refractivity contribution is -0.146. The highest BCUT2D eigenvalue weighted by atomic mass is 16.5. The Kier molecular flexibility index (Phi) is 6.78. The van der Waals surface area contributed by atoms with Crippen LogP contribution in [0.3, 0.4) is 0 Å². The van der Waals surface area contributed by atoms with Crippen LogP contribution in [0.2, 0.25) is 0 Å². The first-order valence-corrected chi connectivity index (χ1v) is 11.3. The maximum atomic E-state index is 13.3. The number of amides is 2. The molecule has 0 spiro atoms. The average molecular weight is 435 g/mol. The lowest BCUT2D eigenvalue weighted by Gasteiger charge is -2.31. The molecule has 3 atom stereocenters. The number of hydrogen-bond donors (Lipinski definition) is 2. The number of urea groups is 1. The summed E-state index contributed by atoms with van der Waals surface area (Å²) in [4.78, 5) is 25.6. The van der Waals surface area contributed by atoms with Crippen molar-refractivity contribution in [1.29, 1.82) is 0 Å². The molecule has 0 unspecified atom stereocenters. The van der Waals surface area contributed by atoms with Gasteiger partial charge in [-0.05, 0) is 43.7 Å². The molecule has 6 nitrogen and oxygen atoms in total. The number of ether oxygens (including phenoxy) is 2. The highest BCUT2D eigenvalue weighted by Gasteiger charge is 2.35. The van der Waals surface area contributed by atoms with Crippen LogP contribution in [-0.4, -0.2) is 18.1 Å². The predicted octanol–water partition coefficient (Wildman–Crippen LogP) is 5.02. The lowest BCUT2D eigenvalue weighted by atomic mass is 9.88. The van der Waals surface area contributed by atoms with E-state index in [9.17, 15) is 9.59 Å². The number of para-hydroxylation sites is 1. The first-order chi connectivity index (χ1) is 15.5. The van der Waals surface area contributed by atoms with Crippen LogP contribution in [-0.2, 0) is 16.1 Å². The van der Waals surface area contributed by atoms with Crippen LogP contribution in [0.1, 0.15) is 56.7 Å². The fraction of sp³-hybridized carbons (Fsp3) is 0.385. The molecule has 2 aliphatic rings. The van der Waals surface area contributed by atoms with Crippen LogP contribution < -0.4 is 15.4 Å². The van der Waals surface area contributed by atoms with E-state index in [4.69, 9.17) is 9.47 Å². The van der Waals surface area contributed by atoms with Crippen LogP contribution >= 0.6 is 0 Å². The zero-order chi connectivity index (χ0) is 22.5. The van der Waals surface area contributed by atoms with E-state index in [2.05, 4.69) is 17.6 Å². The summed E-state index contributed by atoms with van der Waals surface area (Å²) >= 11 is 0. The smallest absolute Gasteiger partial charge is 0.338 e. The Morgan fingerprint density at radius 1 is 1.06 bits per heavy atom. The molecule has 1 saturated carbocycles.